The Bertz CT molecular complexity index is 520. The standard InChI is InChI=1S/C16H22N2O3/c1-12-4-3-5-14(10-12)11-15(20)17-6-8-18(9-7-17)16(21)13(2)19/h3-5,10,13,19H,6-9,11H2,1-2H3. The number of aliphatic hydroxyl groups excluding tert-OH is 1. The van der Waals surface area contributed by atoms with E-state index >= 15 is 0 Å². The summed E-state index contributed by atoms with van der Waals surface area (Å²) in [5.74, 6) is -0.175. The lowest BCUT2D eigenvalue weighted by Crippen LogP contribution is -2.52. The molecule has 1 fully saturated rings. The predicted molar refractivity (Wildman–Crippen MR) is 79.7 cm³/mol. The lowest BCUT2D eigenvalue weighted by Gasteiger charge is -2.35. The van der Waals surface area contributed by atoms with Crippen molar-refractivity contribution in [2.45, 2.75) is 26.4 Å². The van der Waals surface area contributed by atoms with Crippen LogP contribution in [0, 0.1) is 6.92 Å². The van der Waals surface area contributed by atoms with Crippen LogP contribution in [0.5, 0.6) is 0 Å². The van der Waals surface area contributed by atoms with Crippen molar-refractivity contribution in [2.75, 3.05) is 26.2 Å². The highest BCUT2D eigenvalue weighted by molar-refractivity contribution is 5.81. The van der Waals surface area contributed by atoms with Crippen LogP contribution in [-0.4, -0.2) is 59.0 Å². The second-order valence-electron chi connectivity index (χ2n) is 5.55. The largest absolute Gasteiger partial charge is 0.384 e. The third kappa shape index (κ3) is 4.04. The van der Waals surface area contributed by atoms with E-state index < -0.39 is 6.10 Å². The zero-order chi connectivity index (χ0) is 15.4. The van der Waals surface area contributed by atoms with E-state index in [4.69, 9.17) is 0 Å². The molecular formula is C16H22N2O3. The summed E-state index contributed by atoms with van der Waals surface area (Å²) >= 11 is 0. The quantitative estimate of drug-likeness (QED) is 0.886. The number of hydrogen-bond donors (Lipinski definition) is 1. The van der Waals surface area contributed by atoms with Crippen molar-refractivity contribution < 1.29 is 14.7 Å². The number of carbonyl (C=O) groups excluding carboxylic acids is 2. The van der Waals surface area contributed by atoms with E-state index in [1.54, 1.807) is 9.80 Å². The smallest absolute Gasteiger partial charge is 0.251 e. The summed E-state index contributed by atoms with van der Waals surface area (Å²) in [6.07, 6.45) is -0.578. The van der Waals surface area contributed by atoms with Gasteiger partial charge in [-0.05, 0) is 19.4 Å². The SMILES string of the molecule is Cc1cccc(CC(=O)N2CCN(C(=O)C(C)O)CC2)c1. The Balaban J connectivity index is 1.87. The van der Waals surface area contributed by atoms with E-state index in [9.17, 15) is 14.7 Å². The van der Waals surface area contributed by atoms with Crippen molar-refractivity contribution in [1.29, 1.82) is 0 Å². The van der Waals surface area contributed by atoms with Gasteiger partial charge in [-0.25, -0.2) is 0 Å². The molecule has 2 rings (SSSR count). The monoisotopic (exact) mass is 290 g/mol. The average Bonchev–Trinajstić information content (AvgIpc) is 2.46. The Hall–Kier alpha value is -1.88. The van der Waals surface area contributed by atoms with Gasteiger partial charge in [-0.1, -0.05) is 29.8 Å². The van der Waals surface area contributed by atoms with E-state index in [1.165, 1.54) is 6.92 Å². The predicted octanol–water partition coefficient (Wildman–Crippen LogP) is 0.589. The fraction of sp³-hybridized carbons (Fsp3) is 0.500. The molecule has 114 valence electrons. The maximum absolute atomic E-state index is 12.3. The Morgan fingerprint density at radius 3 is 2.38 bits per heavy atom. The molecule has 0 spiro atoms. The molecule has 5 heteroatoms. The normalized spacial score (nSPS) is 16.7. The fourth-order valence-electron chi connectivity index (χ4n) is 2.55. The summed E-state index contributed by atoms with van der Waals surface area (Å²) in [6.45, 7) is 5.52. The molecule has 1 aromatic carbocycles. The van der Waals surface area contributed by atoms with Crippen LogP contribution in [0.15, 0.2) is 24.3 Å². The Kier molecular flexibility index (Phi) is 4.96. The van der Waals surface area contributed by atoms with Crippen LogP contribution in [-0.2, 0) is 16.0 Å². The number of rotatable bonds is 3. The highest BCUT2D eigenvalue weighted by Gasteiger charge is 2.25. The number of aliphatic hydroxyl groups is 1. The maximum Gasteiger partial charge on any atom is 0.251 e. The van der Waals surface area contributed by atoms with Gasteiger partial charge in [0.2, 0.25) is 5.91 Å². The van der Waals surface area contributed by atoms with E-state index in [0.717, 1.165) is 11.1 Å². The molecule has 1 unspecified atom stereocenters. The molecule has 0 aliphatic carbocycles. The maximum atomic E-state index is 12.3. The molecule has 1 aromatic rings. The van der Waals surface area contributed by atoms with E-state index in [-0.39, 0.29) is 11.8 Å². The number of hydrogen-bond acceptors (Lipinski definition) is 3. The van der Waals surface area contributed by atoms with Gasteiger partial charge < -0.3 is 14.9 Å². The van der Waals surface area contributed by atoms with Gasteiger partial charge in [0.25, 0.3) is 5.91 Å². The number of nitrogens with zero attached hydrogens (tertiary/aromatic N) is 2. The molecule has 1 atom stereocenters. The van der Waals surface area contributed by atoms with Gasteiger partial charge >= 0.3 is 0 Å². The van der Waals surface area contributed by atoms with Crippen molar-refractivity contribution in [1.82, 2.24) is 9.80 Å². The molecule has 1 heterocycles. The van der Waals surface area contributed by atoms with Crippen LogP contribution in [0.2, 0.25) is 0 Å². The first kappa shape index (κ1) is 15.5. The van der Waals surface area contributed by atoms with Gasteiger partial charge in [-0.15, -0.1) is 0 Å². The minimum absolute atomic E-state index is 0.0877. The van der Waals surface area contributed by atoms with Gasteiger partial charge in [0, 0.05) is 26.2 Å². The van der Waals surface area contributed by atoms with Crippen LogP contribution in [0.1, 0.15) is 18.1 Å². The zero-order valence-corrected chi connectivity index (χ0v) is 12.6. The molecule has 1 aliphatic rings. The second kappa shape index (κ2) is 6.72. The lowest BCUT2D eigenvalue weighted by atomic mass is 10.1. The van der Waals surface area contributed by atoms with Crippen molar-refractivity contribution in [2.24, 2.45) is 0 Å². The first-order chi connectivity index (χ1) is 9.97. The van der Waals surface area contributed by atoms with Crippen LogP contribution >= 0.6 is 0 Å². The Morgan fingerprint density at radius 1 is 1.19 bits per heavy atom. The van der Waals surface area contributed by atoms with E-state index in [1.807, 2.05) is 31.2 Å². The van der Waals surface area contributed by atoms with Gasteiger partial charge in [-0.3, -0.25) is 9.59 Å². The number of aryl methyl sites for hydroxylation is 1. The number of benzene rings is 1. The van der Waals surface area contributed by atoms with E-state index in [0.29, 0.717) is 32.6 Å². The van der Waals surface area contributed by atoms with Crippen molar-refractivity contribution in [3.8, 4) is 0 Å². The highest BCUT2D eigenvalue weighted by atomic mass is 16.3. The lowest BCUT2D eigenvalue weighted by molar-refractivity contribution is -0.144. The van der Waals surface area contributed by atoms with Crippen molar-refractivity contribution in [3.05, 3.63) is 35.4 Å². The summed E-state index contributed by atoms with van der Waals surface area (Å²) < 4.78 is 0. The van der Waals surface area contributed by atoms with Gasteiger partial charge in [-0.2, -0.15) is 0 Å². The average molecular weight is 290 g/mol. The molecule has 0 saturated carbocycles. The second-order valence-corrected chi connectivity index (χ2v) is 5.55. The third-order valence-corrected chi connectivity index (χ3v) is 3.74. The Labute approximate surface area is 125 Å². The minimum atomic E-state index is -0.973. The Morgan fingerprint density at radius 2 is 1.81 bits per heavy atom. The molecule has 1 saturated heterocycles. The summed E-state index contributed by atoms with van der Waals surface area (Å²) in [6, 6.07) is 7.94. The molecule has 2 amide bonds. The molecular weight excluding hydrogens is 268 g/mol. The number of carbonyl (C=O) groups is 2. The first-order valence-electron chi connectivity index (χ1n) is 7.27. The van der Waals surface area contributed by atoms with Gasteiger partial charge in [0.1, 0.15) is 6.10 Å². The first-order valence-corrected chi connectivity index (χ1v) is 7.27. The fourth-order valence-corrected chi connectivity index (χ4v) is 2.55. The van der Waals surface area contributed by atoms with Crippen molar-refractivity contribution >= 4 is 11.8 Å². The molecule has 0 radical (unpaired) electrons. The summed E-state index contributed by atoms with van der Waals surface area (Å²) in [5.41, 5.74) is 2.16. The molecule has 1 aliphatic heterocycles. The molecule has 1 N–H and O–H groups in total. The van der Waals surface area contributed by atoms with Crippen LogP contribution in [0.4, 0.5) is 0 Å². The summed E-state index contributed by atoms with van der Waals surface area (Å²) in [4.78, 5) is 27.3. The van der Waals surface area contributed by atoms with Crippen molar-refractivity contribution in [3.63, 3.8) is 0 Å². The van der Waals surface area contributed by atoms with Gasteiger partial charge in [0.15, 0.2) is 0 Å². The topological polar surface area (TPSA) is 60.9 Å². The highest BCUT2D eigenvalue weighted by Crippen LogP contribution is 2.09. The number of amides is 2. The van der Waals surface area contributed by atoms with Crippen LogP contribution < -0.4 is 0 Å². The minimum Gasteiger partial charge on any atom is -0.384 e. The van der Waals surface area contributed by atoms with E-state index in [2.05, 4.69) is 0 Å². The molecule has 0 bridgehead atoms. The summed E-state index contributed by atoms with van der Waals surface area (Å²) in [7, 11) is 0. The van der Waals surface area contributed by atoms with Crippen LogP contribution in [0.25, 0.3) is 0 Å². The van der Waals surface area contributed by atoms with Crippen LogP contribution in [0.3, 0.4) is 0 Å². The zero-order valence-electron chi connectivity index (χ0n) is 12.6. The molecule has 21 heavy (non-hydrogen) atoms. The van der Waals surface area contributed by atoms with Gasteiger partial charge in [0.05, 0.1) is 6.42 Å². The third-order valence-electron chi connectivity index (χ3n) is 3.74. The molecule has 5 nitrogen and oxygen atoms in total. The number of piperazine rings is 1. The summed E-state index contributed by atoms with van der Waals surface area (Å²) in [5, 5.41) is 9.30. The molecule has 0 aromatic heterocycles.